The lowest BCUT2D eigenvalue weighted by Gasteiger charge is -2.46. The Hall–Kier alpha value is -4.16. The molecule has 0 saturated carbocycles. The molecule has 0 saturated heterocycles. The SMILES string of the molecule is Ic1ccc2c3c1B1c4c(cccc4N3c3cccc4c3B2n2ccc3cccc-4c32)-c2cccc3ccn1c23. The van der Waals surface area contributed by atoms with Crippen molar-refractivity contribution < 1.29 is 0 Å². The molecule has 0 fully saturated rings. The minimum Gasteiger partial charge on any atom is -0.382 e. The summed E-state index contributed by atoms with van der Waals surface area (Å²) >= 11 is 2.59. The highest BCUT2D eigenvalue weighted by Crippen LogP contribution is 2.46. The van der Waals surface area contributed by atoms with E-state index < -0.39 is 0 Å². The van der Waals surface area contributed by atoms with Crippen molar-refractivity contribution in [3.63, 3.8) is 0 Å². The number of hydrogen-bond acceptors (Lipinski definition) is 1. The van der Waals surface area contributed by atoms with Gasteiger partial charge >= 0.3 is 13.7 Å². The molecule has 0 aliphatic carbocycles. The van der Waals surface area contributed by atoms with Crippen LogP contribution >= 0.6 is 22.6 Å². The van der Waals surface area contributed by atoms with Crippen LogP contribution in [0.4, 0.5) is 17.1 Å². The Morgan fingerprint density at radius 2 is 1.05 bits per heavy atom. The molecule has 0 radical (unpaired) electrons. The van der Waals surface area contributed by atoms with Gasteiger partial charge in [0, 0.05) is 42.8 Å². The van der Waals surface area contributed by atoms with Crippen molar-refractivity contribution in [2.75, 3.05) is 4.90 Å². The molecule has 4 aliphatic rings. The van der Waals surface area contributed by atoms with Gasteiger partial charge in [0.2, 0.25) is 0 Å². The lowest BCUT2D eigenvalue weighted by molar-refractivity contribution is 1.21. The summed E-state index contributed by atoms with van der Waals surface area (Å²) in [5.74, 6) is 0. The molecule has 0 amide bonds. The van der Waals surface area contributed by atoms with Crippen LogP contribution in [-0.4, -0.2) is 22.7 Å². The molecular weight excluding hydrogens is 599 g/mol. The van der Waals surface area contributed by atoms with Crippen LogP contribution in [0.25, 0.3) is 44.1 Å². The van der Waals surface area contributed by atoms with E-state index in [0.717, 1.165) is 0 Å². The average molecular weight is 617 g/mol. The molecule has 0 atom stereocenters. The molecule has 4 aliphatic heterocycles. The van der Waals surface area contributed by atoms with Gasteiger partial charge in [0.15, 0.2) is 0 Å². The number of hydrogen-bond donors (Lipinski definition) is 0. The first-order chi connectivity index (χ1) is 19.8. The van der Waals surface area contributed by atoms with Crippen molar-refractivity contribution in [2.24, 2.45) is 0 Å². The van der Waals surface area contributed by atoms with Crippen LogP contribution < -0.4 is 26.8 Å². The summed E-state index contributed by atoms with van der Waals surface area (Å²) < 4.78 is 6.40. The Labute approximate surface area is 245 Å². The zero-order valence-electron chi connectivity index (χ0n) is 21.3. The predicted molar refractivity (Wildman–Crippen MR) is 177 cm³/mol. The second-order valence-electron chi connectivity index (χ2n) is 11.4. The van der Waals surface area contributed by atoms with Gasteiger partial charge in [-0.2, -0.15) is 0 Å². The normalized spacial score (nSPS) is 14.5. The number of fused-ring (bicyclic) bond motifs is 8. The van der Waals surface area contributed by atoms with E-state index in [-0.39, 0.29) is 13.7 Å². The predicted octanol–water partition coefficient (Wildman–Crippen LogP) is 5.57. The molecule has 0 bridgehead atoms. The van der Waals surface area contributed by atoms with Crippen molar-refractivity contribution >= 4 is 97.0 Å². The third-order valence-electron chi connectivity index (χ3n) is 9.80. The van der Waals surface area contributed by atoms with Gasteiger partial charge in [0.1, 0.15) is 0 Å². The minimum atomic E-state index is 0.141. The highest BCUT2D eigenvalue weighted by molar-refractivity contribution is 14.1. The molecule has 6 heteroatoms. The first kappa shape index (κ1) is 20.7. The van der Waals surface area contributed by atoms with E-state index in [2.05, 4.69) is 146 Å². The van der Waals surface area contributed by atoms with Gasteiger partial charge in [0.25, 0.3) is 0 Å². The van der Waals surface area contributed by atoms with E-state index in [1.54, 1.807) is 0 Å². The molecule has 3 nitrogen and oxygen atoms in total. The molecule has 40 heavy (non-hydrogen) atoms. The van der Waals surface area contributed by atoms with Crippen LogP contribution in [0.5, 0.6) is 0 Å². The quantitative estimate of drug-likeness (QED) is 0.161. The van der Waals surface area contributed by atoms with E-state index in [9.17, 15) is 0 Å². The maximum atomic E-state index is 2.60. The lowest BCUT2D eigenvalue weighted by Crippen LogP contribution is -2.64. The molecule has 6 heterocycles. The van der Waals surface area contributed by atoms with Crippen molar-refractivity contribution in [3.05, 3.63) is 113 Å². The molecule has 5 aromatic carbocycles. The fourth-order valence-electron chi connectivity index (χ4n) is 8.41. The highest BCUT2D eigenvalue weighted by Gasteiger charge is 2.49. The van der Waals surface area contributed by atoms with Crippen LogP contribution in [0, 0.1) is 3.57 Å². The summed E-state index contributed by atoms with van der Waals surface area (Å²) in [7, 11) is 0. The number of rotatable bonds is 0. The number of halogens is 1. The van der Waals surface area contributed by atoms with E-state index in [1.807, 2.05) is 0 Å². The Morgan fingerprint density at radius 1 is 0.500 bits per heavy atom. The lowest BCUT2D eigenvalue weighted by atomic mass is 9.40. The average Bonchev–Trinajstić information content (AvgIpc) is 3.62. The summed E-state index contributed by atoms with van der Waals surface area (Å²) in [4.78, 5) is 2.60. The molecule has 0 N–H and O–H groups in total. The number of para-hydroxylation sites is 2. The van der Waals surface area contributed by atoms with Gasteiger partial charge in [-0.05, 0) is 109 Å². The van der Waals surface area contributed by atoms with Crippen LogP contribution in [0.3, 0.4) is 0 Å². The summed E-state index contributed by atoms with van der Waals surface area (Å²) in [6.45, 7) is 0.285. The van der Waals surface area contributed by atoms with Crippen LogP contribution in [0.1, 0.15) is 0 Å². The summed E-state index contributed by atoms with van der Waals surface area (Å²) in [6.07, 6.45) is 4.62. The molecule has 11 rings (SSSR count). The molecule has 7 aromatic rings. The Bertz CT molecular complexity index is 2320. The molecule has 2 aromatic heterocycles. The van der Waals surface area contributed by atoms with Crippen LogP contribution in [-0.2, 0) is 0 Å². The third kappa shape index (κ3) is 2.13. The molecule has 0 unspecified atom stereocenters. The van der Waals surface area contributed by atoms with E-state index in [0.29, 0.717) is 0 Å². The first-order valence-corrected chi connectivity index (χ1v) is 15.0. The van der Waals surface area contributed by atoms with Crippen molar-refractivity contribution in [3.8, 4) is 22.3 Å². The van der Waals surface area contributed by atoms with Crippen LogP contribution in [0.2, 0.25) is 0 Å². The molecular formula is C34H18B2IN3. The number of anilines is 3. The second kappa shape index (κ2) is 6.76. The van der Waals surface area contributed by atoms with Gasteiger partial charge in [-0.15, -0.1) is 0 Å². The number of benzene rings is 5. The van der Waals surface area contributed by atoms with E-state index >= 15 is 0 Å². The zero-order chi connectivity index (χ0) is 25.9. The maximum Gasteiger partial charge on any atom is 0.333 e. The molecule has 182 valence electrons. The van der Waals surface area contributed by atoms with E-state index in [1.165, 1.54) is 86.5 Å². The number of nitrogens with zero attached hydrogens (tertiary/aromatic N) is 3. The Balaban J connectivity index is 1.34. The van der Waals surface area contributed by atoms with E-state index in [4.69, 9.17) is 0 Å². The van der Waals surface area contributed by atoms with Gasteiger partial charge in [0.05, 0.1) is 0 Å². The maximum absolute atomic E-state index is 2.60. The summed E-state index contributed by atoms with van der Waals surface area (Å²) in [6, 6.07) is 36.7. The smallest absolute Gasteiger partial charge is 0.333 e. The van der Waals surface area contributed by atoms with Crippen molar-refractivity contribution in [1.29, 1.82) is 0 Å². The topological polar surface area (TPSA) is 13.1 Å². The first-order valence-electron chi connectivity index (χ1n) is 13.9. The standard InChI is InChI=1S/C34H18B2IN3/c37-26-14-13-25-34-31(26)36-30-22(24-10-2-6-20-16-18-39(36)33(20)24)8-4-12-28(30)40(34)27-11-3-7-21-23-9-1-5-19-15-17-38(32(19)23)35(25)29(21)27/h1-18H. The summed E-state index contributed by atoms with van der Waals surface area (Å²) in [5, 5.41) is 2.62. The Morgan fingerprint density at radius 3 is 1.70 bits per heavy atom. The highest BCUT2D eigenvalue weighted by atomic mass is 127. The second-order valence-corrected chi connectivity index (χ2v) is 12.6. The Kier molecular flexibility index (Phi) is 3.50. The van der Waals surface area contributed by atoms with Gasteiger partial charge < -0.3 is 13.9 Å². The third-order valence-corrected chi connectivity index (χ3v) is 10.7. The largest absolute Gasteiger partial charge is 0.382 e. The van der Waals surface area contributed by atoms with Crippen molar-refractivity contribution in [2.45, 2.75) is 0 Å². The number of aromatic nitrogens is 2. The monoisotopic (exact) mass is 617 g/mol. The molecule has 0 spiro atoms. The minimum absolute atomic E-state index is 0.141. The fraction of sp³-hybridized carbons (Fsp3) is 0. The van der Waals surface area contributed by atoms with Gasteiger partial charge in [-0.25, -0.2) is 0 Å². The van der Waals surface area contributed by atoms with Gasteiger partial charge in [-0.1, -0.05) is 66.7 Å². The zero-order valence-corrected chi connectivity index (χ0v) is 23.4. The fourth-order valence-corrected chi connectivity index (χ4v) is 9.14. The van der Waals surface area contributed by atoms with Crippen molar-refractivity contribution in [1.82, 2.24) is 8.96 Å². The summed E-state index contributed by atoms with van der Waals surface area (Å²) in [5.41, 5.74) is 17.7. The van der Waals surface area contributed by atoms with Gasteiger partial charge in [-0.3, -0.25) is 0 Å². The van der Waals surface area contributed by atoms with Crippen LogP contribution in [0.15, 0.2) is 109 Å².